The summed E-state index contributed by atoms with van der Waals surface area (Å²) in [5.74, 6) is 1.21. The molecule has 30 heavy (non-hydrogen) atoms. The van der Waals surface area contributed by atoms with Crippen molar-refractivity contribution in [1.29, 1.82) is 0 Å². The molecule has 3 aliphatic carbocycles. The van der Waals surface area contributed by atoms with Gasteiger partial charge in [-0.1, -0.05) is 49.9 Å². The van der Waals surface area contributed by atoms with Gasteiger partial charge in [0.05, 0.1) is 11.9 Å². The maximum atomic E-state index is 14.0. The molecule has 2 fully saturated rings. The molecule has 2 aromatic rings. The van der Waals surface area contributed by atoms with Crippen LogP contribution in [0.1, 0.15) is 61.1 Å². The fourth-order valence-electron chi connectivity index (χ4n) is 7.42. The Labute approximate surface area is 178 Å². The van der Waals surface area contributed by atoms with E-state index < -0.39 is 6.10 Å². The molecule has 2 nitrogen and oxygen atoms in total. The maximum Gasteiger partial charge on any atom is 0.115 e. The van der Waals surface area contributed by atoms with Gasteiger partial charge in [0.15, 0.2) is 0 Å². The van der Waals surface area contributed by atoms with Crippen LogP contribution in [0.3, 0.4) is 0 Å². The molecule has 0 radical (unpaired) electrons. The van der Waals surface area contributed by atoms with Crippen LogP contribution < -0.4 is 0 Å². The van der Waals surface area contributed by atoms with E-state index in [4.69, 9.17) is 0 Å². The average Bonchev–Trinajstić information content (AvgIpc) is 2.96. The molecular weight excluding hydrogens is 375 g/mol. The third-order valence-corrected chi connectivity index (χ3v) is 8.46. The van der Waals surface area contributed by atoms with Crippen LogP contribution in [-0.4, -0.2) is 16.3 Å². The molecule has 3 aliphatic rings. The van der Waals surface area contributed by atoms with E-state index in [2.05, 4.69) is 43.8 Å². The highest BCUT2D eigenvalue weighted by Gasteiger charge is 2.59. The molecule has 0 amide bonds. The lowest BCUT2D eigenvalue weighted by atomic mass is 9.50. The summed E-state index contributed by atoms with van der Waals surface area (Å²) in [6.07, 6.45) is 3.55. The molecule has 7 atom stereocenters. The summed E-state index contributed by atoms with van der Waals surface area (Å²) in [6, 6.07) is 16.5. The molecule has 0 bridgehead atoms. The van der Waals surface area contributed by atoms with E-state index in [1.807, 2.05) is 12.1 Å². The van der Waals surface area contributed by atoms with Gasteiger partial charge in [-0.05, 0) is 89.5 Å². The highest BCUT2D eigenvalue weighted by atomic mass is 19.1. The van der Waals surface area contributed by atoms with Crippen LogP contribution in [0.2, 0.25) is 0 Å². The smallest absolute Gasteiger partial charge is 0.115 e. The van der Waals surface area contributed by atoms with Gasteiger partial charge < -0.3 is 10.2 Å². The van der Waals surface area contributed by atoms with Gasteiger partial charge in [0.1, 0.15) is 5.75 Å². The molecule has 2 aromatic carbocycles. The Morgan fingerprint density at radius 2 is 1.93 bits per heavy atom. The van der Waals surface area contributed by atoms with Crippen LogP contribution in [0.4, 0.5) is 4.39 Å². The Hall–Kier alpha value is -2.13. The molecule has 0 aliphatic heterocycles. The Morgan fingerprint density at radius 1 is 1.17 bits per heavy atom. The number of hydrogen-bond acceptors (Lipinski definition) is 2. The van der Waals surface area contributed by atoms with Crippen molar-refractivity contribution in [3.05, 3.63) is 77.6 Å². The van der Waals surface area contributed by atoms with Crippen molar-refractivity contribution in [3.63, 3.8) is 0 Å². The van der Waals surface area contributed by atoms with Crippen molar-refractivity contribution in [2.75, 3.05) is 0 Å². The molecule has 0 heterocycles. The van der Waals surface area contributed by atoms with Gasteiger partial charge in [-0.15, -0.1) is 0 Å². The SMILES string of the molecule is C=C(F)C[C@@H]1[C@H]2[C@H]3[C@H](CC[C@]2(C)C[C@@H]1O)c1ccc(O)cc1C[C@H]3c1ccccc1. The van der Waals surface area contributed by atoms with Gasteiger partial charge in [0.25, 0.3) is 0 Å². The normalized spacial score (nSPS) is 37.2. The second kappa shape index (κ2) is 7.23. The number of phenolic OH excluding ortho intramolecular Hbond substituents is 1. The Balaban J connectivity index is 1.65. The number of hydrogen-bond donors (Lipinski definition) is 2. The molecule has 0 spiro atoms. The second-order valence-electron chi connectivity index (χ2n) is 10.2. The number of aliphatic hydroxyl groups is 1. The lowest BCUT2D eigenvalue weighted by Crippen LogP contribution is -2.45. The van der Waals surface area contributed by atoms with Crippen LogP contribution in [0.25, 0.3) is 0 Å². The highest BCUT2D eigenvalue weighted by Crippen LogP contribution is 2.66. The third kappa shape index (κ3) is 3.10. The first kappa shape index (κ1) is 19.8. The van der Waals surface area contributed by atoms with Crippen LogP contribution in [-0.2, 0) is 6.42 Å². The zero-order valence-corrected chi connectivity index (χ0v) is 17.6. The second-order valence-corrected chi connectivity index (χ2v) is 10.2. The number of benzene rings is 2. The fraction of sp³-hybridized carbons (Fsp3) is 0.481. The standard InChI is InChI=1S/C27H31FO2/c1-16(28)12-23-24(30)15-27(2)11-10-21-20-9-8-19(29)13-18(20)14-22(25(21)26(23)27)17-6-4-3-5-7-17/h3-9,13,21-26,29-30H,1,10-12,14-15H2,2H3/t21-,22+,23+,24+,25+,26+,27-/m1/s1. The molecule has 2 N–H and O–H groups in total. The van der Waals surface area contributed by atoms with Crippen LogP contribution in [0.5, 0.6) is 5.75 Å². The fourth-order valence-corrected chi connectivity index (χ4v) is 7.42. The molecule has 0 saturated heterocycles. The van der Waals surface area contributed by atoms with Crippen LogP contribution >= 0.6 is 0 Å². The van der Waals surface area contributed by atoms with Gasteiger partial charge >= 0.3 is 0 Å². The minimum atomic E-state index is -0.469. The quantitative estimate of drug-likeness (QED) is 0.646. The van der Waals surface area contributed by atoms with Crippen molar-refractivity contribution < 1.29 is 14.6 Å². The summed E-state index contributed by atoms with van der Waals surface area (Å²) >= 11 is 0. The lowest BCUT2D eigenvalue weighted by molar-refractivity contribution is 0.0165. The maximum absolute atomic E-state index is 14.0. The van der Waals surface area contributed by atoms with E-state index in [1.165, 1.54) is 16.7 Å². The Kier molecular flexibility index (Phi) is 4.77. The Morgan fingerprint density at radius 3 is 2.67 bits per heavy atom. The van der Waals surface area contributed by atoms with E-state index in [1.54, 1.807) is 6.07 Å². The molecule has 0 unspecified atom stereocenters. The molecule has 3 heteroatoms. The van der Waals surface area contributed by atoms with E-state index in [-0.39, 0.29) is 29.5 Å². The minimum absolute atomic E-state index is 0.0299. The number of aliphatic hydroxyl groups excluding tert-OH is 1. The zero-order chi connectivity index (χ0) is 21.0. The molecule has 0 aromatic heterocycles. The van der Waals surface area contributed by atoms with E-state index in [9.17, 15) is 14.6 Å². The van der Waals surface area contributed by atoms with Gasteiger partial charge in [-0.25, -0.2) is 4.39 Å². The number of rotatable bonds is 3. The summed E-state index contributed by atoms with van der Waals surface area (Å²) < 4.78 is 14.0. The predicted octanol–water partition coefficient (Wildman–Crippen LogP) is 6.10. The van der Waals surface area contributed by atoms with Gasteiger partial charge in [-0.2, -0.15) is 0 Å². The van der Waals surface area contributed by atoms with E-state index in [0.717, 1.165) is 25.7 Å². The monoisotopic (exact) mass is 406 g/mol. The largest absolute Gasteiger partial charge is 0.508 e. The molecule has 5 rings (SSSR count). The molecule has 2 saturated carbocycles. The number of fused-ring (bicyclic) bond motifs is 5. The number of halogens is 1. The van der Waals surface area contributed by atoms with E-state index >= 15 is 0 Å². The van der Waals surface area contributed by atoms with Crippen LogP contribution in [0, 0.1) is 23.2 Å². The predicted molar refractivity (Wildman–Crippen MR) is 117 cm³/mol. The zero-order valence-electron chi connectivity index (χ0n) is 17.6. The first-order valence-electron chi connectivity index (χ1n) is 11.3. The Bertz CT molecular complexity index is 955. The van der Waals surface area contributed by atoms with Crippen LogP contribution in [0.15, 0.2) is 60.9 Å². The molecular formula is C27H31FO2. The van der Waals surface area contributed by atoms with Crippen molar-refractivity contribution in [2.45, 2.75) is 57.0 Å². The van der Waals surface area contributed by atoms with Crippen molar-refractivity contribution in [2.24, 2.45) is 23.2 Å². The lowest BCUT2D eigenvalue weighted by Gasteiger charge is -2.53. The van der Waals surface area contributed by atoms with Crippen molar-refractivity contribution >= 4 is 0 Å². The van der Waals surface area contributed by atoms with Gasteiger partial charge in [-0.3, -0.25) is 0 Å². The van der Waals surface area contributed by atoms with Crippen molar-refractivity contribution in [1.82, 2.24) is 0 Å². The third-order valence-electron chi connectivity index (χ3n) is 8.46. The van der Waals surface area contributed by atoms with Crippen molar-refractivity contribution in [3.8, 4) is 5.75 Å². The number of aromatic hydroxyl groups is 1. The summed E-state index contributed by atoms with van der Waals surface area (Å²) in [5.41, 5.74) is 3.91. The highest BCUT2D eigenvalue weighted by molar-refractivity contribution is 5.43. The first-order chi connectivity index (χ1) is 14.4. The summed E-state index contributed by atoms with van der Waals surface area (Å²) in [7, 11) is 0. The first-order valence-corrected chi connectivity index (χ1v) is 11.3. The summed E-state index contributed by atoms with van der Waals surface area (Å²) in [5, 5.41) is 21.1. The summed E-state index contributed by atoms with van der Waals surface area (Å²) in [6.45, 7) is 5.85. The number of phenols is 1. The van der Waals surface area contributed by atoms with Gasteiger partial charge in [0.2, 0.25) is 0 Å². The molecule has 158 valence electrons. The topological polar surface area (TPSA) is 40.5 Å². The van der Waals surface area contributed by atoms with E-state index in [0.29, 0.717) is 23.5 Å². The minimum Gasteiger partial charge on any atom is -0.508 e. The summed E-state index contributed by atoms with van der Waals surface area (Å²) in [4.78, 5) is 0. The van der Waals surface area contributed by atoms with Gasteiger partial charge in [0, 0.05) is 6.42 Å². The average molecular weight is 407 g/mol. The number of allylic oxidation sites excluding steroid dienone is 1.